The summed E-state index contributed by atoms with van der Waals surface area (Å²) in [6.07, 6.45) is 3.02. The number of benzene rings is 2. The Kier molecular flexibility index (Phi) is 6.93. The molecule has 3 amide bonds. The number of rotatable bonds is 6. The van der Waals surface area contributed by atoms with Crippen LogP contribution in [0.25, 0.3) is 0 Å². The van der Waals surface area contributed by atoms with Crippen molar-refractivity contribution in [3.63, 3.8) is 0 Å². The van der Waals surface area contributed by atoms with Crippen molar-refractivity contribution >= 4 is 58.0 Å². The van der Waals surface area contributed by atoms with Gasteiger partial charge < -0.3 is 10.6 Å². The van der Waals surface area contributed by atoms with Gasteiger partial charge in [-0.05, 0) is 43.7 Å². The Hall–Kier alpha value is -2.61. The fourth-order valence-corrected chi connectivity index (χ4v) is 5.16. The maximum absolute atomic E-state index is 13.6. The van der Waals surface area contributed by atoms with E-state index in [1.165, 1.54) is 0 Å². The fourth-order valence-electron chi connectivity index (χ4n) is 4.67. The molecule has 1 aliphatic heterocycles. The molecule has 1 spiro atoms. The van der Waals surface area contributed by atoms with E-state index in [2.05, 4.69) is 10.6 Å². The number of carbonyl (C=O) groups excluding carboxylic acids is 3. The van der Waals surface area contributed by atoms with Crippen molar-refractivity contribution in [2.45, 2.75) is 38.1 Å². The highest BCUT2D eigenvalue weighted by Crippen LogP contribution is 2.45. The maximum Gasteiger partial charge on any atom is 0.250 e. The molecule has 1 heterocycles. The van der Waals surface area contributed by atoms with Crippen molar-refractivity contribution in [3.05, 3.63) is 52.5 Å². The minimum absolute atomic E-state index is 0.00351. The van der Waals surface area contributed by atoms with Crippen LogP contribution in [0.2, 0.25) is 10.0 Å². The molecule has 0 atom stereocenters. The van der Waals surface area contributed by atoms with Crippen LogP contribution >= 0.6 is 23.2 Å². The first-order valence-corrected chi connectivity index (χ1v) is 11.8. The molecule has 1 aliphatic carbocycles. The smallest absolute Gasteiger partial charge is 0.250 e. The van der Waals surface area contributed by atoms with Gasteiger partial charge in [0.25, 0.3) is 5.91 Å². The third kappa shape index (κ3) is 4.58. The zero-order chi connectivity index (χ0) is 23.6. The fraction of sp³-hybridized carbons (Fsp3) is 0.375. The van der Waals surface area contributed by atoms with Gasteiger partial charge >= 0.3 is 0 Å². The van der Waals surface area contributed by atoms with Crippen molar-refractivity contribution < 1.29 is 14.4 Å². The number of likely N-dealkylation sites (N-methyl/N-ethyl adjacent to an activating group) is 1. The van der Waals surface area contributed by atoms with Crippen molar-refractivity contribution in [3.8, 4) is 0 Å². The predicted molar refractivity (Wildman–Crippen MR) is 131 cm³/mol. The predicted octanol–water partition coefficient (Wildman–Crippen LogP) is 4.55. The van der Waals surface area contributed by atoms with Gasteiger partial charge in [0.15, 0.2) is 0 Å². The van der Waals surface area contributed by atoms with Crippen LogP contribution < -0.4 is 15.5 Å². The molecule has 0 bridgehead atoms. The van der Waals surface area contributed by atoms with E-state index in [1.807, 2.05) is 25.1 Å². The minimum Gasteiger partial charge on any atom is -0.322 e. The molecule has 33 heavy (non-hydrogen) atoms. The molecular formula is C24H26Cl2N4O3. The summed E-state index contributed by atoms with van der Waals surface area (Å²) in [5.74, 6) is -0.669. The first-order valence-electron chi connectivity index (χ1n) is 11.1. The molecule has 2 aliphatic rings. The molecule has 2 aromatic rings. The number of anilines is 3. The second-order valence-electron chi connectivity index (χ2n) is 8.39. The lowest BCUT2D eigenvalue weighted by Gasteiger charge is -2.45. The van der Waals surface area contributed by atoms with E-state index in [1.54, 1.807) is 34.1 Å². The zero-order valence-electron chi connectivity index (χ0n) is 18.4. The quantitative estimate of drug-likeness (QED) is 0.624. The minimum atomic E-state index is -0.877. The number of fused-ring (bicyclic) bond motifs is 1. The van der Waals surface area contributed by atoms with E-state index in [9.17, 15) is 14.4 Å². The summed E-state index contributed by atoms with van der Waals surface area (Å²) in [4.78, 5) is 42.8. The summed E-state index contributed by atoms with van der Waals surface area (Å²) in [6.45, 7) is 2.34. The van der Waals surface area contributed by atoms with Gasteiger partial charge in [-0.1, -0.05) is 61.2 Å². The summed E-state index contributed by atoms with van der Waals surface area (Å²) in [7, 11) is 0. The number of nitrogens with zero attached hydrogens (tertiary/aromatic N) is 2. The normalized spacial score (nSPS) is 16.6. The molecular weight excluding hydrogens is 463 g/mol. The van der Waals surface area contributed by atoms with E-state index < -0.39 is 5.54 Å². The Morgan fingerprint density at radius 2 is 1.73 bits per heavy atom. The third-order valence-corrected chi connectivity index (χ3v) is 6.95. The summed E-state index contributed by atoms with van der Waals surface area (Å²) >= 11 is 12.3. The van der Waals surface area contributed by atoms with Gasteiger partial charge in [0.1, 0.15) is 5.54 Å². The van der Waals surface area contributed by atoms with Gasteiger partial charge in [-0.15, -0.1) is 0 Å². The number of carbonyl (C=O) groups is 3. The Morgan fingerprint density at radius 3 is 2.39 bits per heavy atom. The molecule has 4 rings (SSSR count). The Bertz CT molecular complexity index is 1060. The van der Waals surface area contributed by atoms with Crippen LogP contribution in [0, 0.1) is 0 Å². The molecule has 0 saturated heterocycles. The topological polar surface area (TPSA) is 81.8 Å². The standard InChI is InChI=1S/C24H26Cl2N4O3/c1-2-29(14-20(31)28-22-16(25)8-7-9-17(22)26)15-21(32)30-19-11-4-3-10-18(19)27-23(33)24(30)12-5-6-13-24/h3-4,7-11H,2,5-6,12-15H2,1H3,(H,27,33)(H,28,31). The third-order valence-electron chi connectivity index (χ3n) is 6.32. The summed E-state index contributed by atoms with van der Waals surface area (Å²) < 4.78 is 0. The molecule has 2 N–H and O–H groups in total. The van der Waals surface area contributed by atoms with Gasteiger partial charge in [-0.25, -0.2) is 0 Å². The molecule has 1 fully saturated rings. The Balaban J connectivity index is 1.53. The highest BCUT2D eigenvalue weighted by Gasteiger charge is 2.52. The first-order chi connectivity index (χ1) is 15.9. The number of hydrogen-bond donors (Lipinski definition) is 2. The van der Waals surface area contributed by atoms with Crippen LogP contribution in [0.3, 0.4) is 0 Å². The van der Waals surface area contributed by atoms with Crippen LogP contribution in [0.4, 0.5) is 17.1 Å². The van der Waals surface area contributed by atoms with E-state index in [0.29, 0.717) is 46.5 Å². The molecule has 0 unspecified atom stereocenters. The number of nitrogens with one attached hydrogen (secondary N) is 2. The molecule has 1 saturated carbocycles. The second-order valence-corrected chi connectivity index (χ2v) is 9.20. The van der Waals surface area contributed by atoms with Crippen LogP contribution in [0.5, 0.6) is 0 Å². The van der Waals surface area contributed by atoms with Crippen LogP contribution in [0.15, 0.2) is 42.5 Å². The van der Waals surface area contributed by atoms with Gasteiger partial charge in [0, 0.05) is 0 Å². The molecule has 2 aromatic carbocycles. The Labute approximate surface area is 203 Å². The van der Waals surface area contributed by atoms with Crippen LogP contribution in [0.1, 0.15) is 32.6 Å². The Morgan fingerprint density at radius 1 is 1.06 bits per heavy atom. The van der Waals surface area contributed by atoms with E-state index in [-0.39, 0.29) is 30.8 Å². The lowest BCUT2D eigenvalue weighted by atomic mass is 9.89. The zero-order valence-corrected chi connectivity index (χ0v) is 19.9. The number of para-hydroxylation sites is 3. The largest absolute Gasteiger partial charge is 0.322 e. The van der Waals surface area contributed by atoms with Gasteiger partial charge in [-0.2, -0.15) is 0 Å². The highest BCUT2D eigenvalue weighted by molar-refractivity contribution is 6.39. The van der Waals surface area contributed by atoms with Gasteiger partial charge in [0.2, 0.25) is 11.8 Å². The molecule has 0 aromatic heterocycles. The molecule has 9 heteroatoms. The van der Waals surface area contributed by atoms with Gasteiger partial charge in [0.05, 0.1) is 40.2 Å². The average molecular weight is 489 g/mol. The van der Waals surface area contributed by atoms with Crippen LogP contribution in [-0.4, -0.2) is 47.8 Å². The average Bonchev–Trinajstić information content (AvgIpc) is 3.27. The van der Waals surface area contributed by atoms with Crippen molar-refractivity contribution in [2.75, 3.05) is 35.2 Å². The monoisotopic (exact) mass is 488 g/mol. The summed E-state index contributed by atoms with van der Waals surface area (Å²) in [6, 6.07) is 12.3. The van der Waals surface area contributed by atoms with E-state index in [4.69, 9.17) is 23.2 Å². The summed E-state index contributed by atoms with van der Waals surface area (Å²) in [5, 5.41) is 6.40. The summed E-state index contributed by atoms with van der Waals surface area (Å²) in [5.41, 5.74) is 0.799. The van der Waals surface area contributed by atoms with E-state index in [0.717, 1.165) is 12.8 Å². The van der Waals surface area contributed by atoms with Crippen LogP contribution in [-0.2, 0) is 14.4 Å². The van der Waals surface area contributed by atoms with Crippen molar-refractivity contribution in [1.29, 1.82) is 0 Å². The number of halogens is 2. The van der Waals surface area contributed by atoms with Crippen molar-refractivity contribution in [2.24, 2.45) is 0 Å². The SMILES string of the molecule is CCN(CC(=O)Nc1c(Cl)cccc1Cl)CC(=O)N1c2ccccc2NC(=O)C12CCCC2. The van der Waals surface area contributed by atoms with Crippen molar-refractivity contribution in [1.82, 2.24) is 4.90 Å². The number of hydrogen-bond acceptors (Lipinski definition) is 4. The first kappa shape index (κ1) is 23.5. The number of amides is 3. The second kappa shape index (κ2) is 9.71. The lowest BCUT2D eigenvalue weighted by Crippen LogP contribution is -2.62. The molecule has 0 radical (unpaired) electrons. The lowest BCUT2D eigenvalue weighted by molar-refractivity contribution is -0.128. The highest BCUT2D eigenvalue weighted by atomic mass is 35.5. The molecule has 7 nitrogen and oxygen atoms in total. The van der Waals surface area contributed by atoms with E-state index >= 15 is 0 Å². The molecule has 174 valence electrons. The van der Waals surface area contributed by atoms with Gasteiger partial charge in [-0.3, -0.25) is 24.2 Å². The maximum atomic E-state index is 13.6.